The molecule has 1 fully saturated rings. The number of likely N-dealkylation sites (tertiary alicyclic amines) is 1. The molecule has 164 valence electrons. The van der Waals surface area contributed by atoms with E-state index in [1.807, 2.05) is 0 Å². The van der Waals surface area contributed by atoms with Crippen molar-refractivity contribution in [3.05, 3.63) is 24.3 Å². The standard InChI is InChI=1S/C19H28FNO6S2/c1-18(2,3)27-17(22)21-12-9-19(20,10-13-21)11-14-29(25,26)16-7-5-15(6-8-16)28(4,23)24/h5-8H,9-14H2,1-4H3. The maximum atomic E-state index is 15.1. The van der Waals surface area contributed by atoms with Gasteiger partial charge in [-0.25, -0.2) is 26.0 Å². The number of benzene rings is 1. The number of hydrogen-bond acceptors (Lipinski definition) is 6. The van der Waals surface area contributed by atoms with Gasteiger partial charge in [0.2, 0.25) is 0 Å². The fourth-order valence-corrected chi connectivity index (χ4v) is 5.05. The molecular formula is C19H28FNO6S2. The Balaban J connectivity index is 1.96. The molecule has 0 bridgehead atoms. The second-order valence-corrected chi connectivity index (χ2v) is 12.6. The third kappa shape index (κ3) is 6.67. The van der Waals surface area contributed by atoms with Crippen molar-refractivity contribution in [1.82, 2.24) is 4.90 Å². The first-order chi connectivity index (χ1) is 13.1. The summed E-state index contributed by atoms with van der Waals surface area (Å²) in [6.45, 7) is 5.58. The van der Waals surface area contributed by atoms with E-state index in [9.17, 15) is 21.6 Å². The van der Waals surface area contributed by atoms with E-state index in [2.05, 4.69) is 0 Å². The molecule has 1 aromatic rings. The maximum Gasteiger partial charge on any atom is 0.410 e. The molecule has 0 unspecified atom stereocenters. The van der Waals surface area contributed by atoms with Crippen molar-refractivity contribution in [1.29, 1.82) is 0 Å². The van der Waals surface area contributed by atoms with Crippen LogP contribution in [0.25, 0.3) is 0 Å². The fourth-order valence-electron chi connectivity index (χ4n) is 3.00. The molecule has 1 aliphatic heterocycles. The Morgan fingerprint density at radius 3 is 2.00 bits per heavy atom. The number of halogens is 1. The molecule has 7 nitrogen and oxygen atoms in total. The van der Waals surface area contributed by atoms with Gasteiger partial charge in [0.25, 0.3) is 0 Å². The van der Waals surface area contributed by atoms with Crippen LogP contribution in [0.15, 0.2) is 34.1 Å². The molecule has 0 atom stereocenters. The van der Waals surface area contributed by atoms with Crippen molar-refractivity contribution in [2.24, 2.45) is 0 Å². The highest BCUT2D eigenvalue weighted by Gasteiger charge is 2.38. The third-order valence-electron chi connectivity index (χ3n) is 4.74. The lowest BCUT2D eigenvalue weighted by atomic mass is 9.91. The van der Waals surface area contributed by atoms with Gasteiger partial charge in [0.15, 0.2) is 19.7 Å². The topological polar surface area (TPSA) is 97.8 Å². The van der Waals surface area contributed by atoms with Gasteiger partial charge >= 0.3 is 6.09 Å². The second kappa shape index (κ2) is 8.22. The minimum absolute atomic E-state index is 0.0212. The smallest absolute Gasteiger partial charge is 0.410 e. The largest absolute Gasteiger partial charge is 0.444 e. The van der Waals surface area contributed by atoms with Crippen LogP contribution in [0.3, 0.4) is 0 Å². The molecule has 2 rings (SSSR count). The highest BCUT2D eigenvalue weighted by molar-refractivity contribution is 7.91. The number of hydrogen-bond donors (Lipinski definition) is 0. The number of ether oxygens (including phenoxy) is 1. The number of sulfone groups is 2. The lowest BCUT2D eigenvalue weighted by Gasteiger charge is -2.37. The summed E-state index contributed by atoms with van der Waals surface area (Å²) >= 11 is 0. The molecule has 0 radical (unpaired) electrons. The van der Waals surface area contributed by atoms with Crippen LogP contribution >= 0.6 is 0 Å². The molecule has 1 aromatic carbocycles. The lowest BCUT2D eigenvalue weighted by Crippen LogP contribution is -2.46. The quantitative estimate of drug-likeness (QED) is 0.685. The molecule has 1 heterocycles. The van der Waals surface area contributed by atoms with Gasteiger partial charge < -0.3 is 9.64 Å². The summed E-state index contributed by atoms with van der Waals surface area (Å²) in [7, 11) is -7.18. The van der Waals surface area contributed by atoms with E-state index in [4.69, 9.17) is 4.74 Å². The van der Waals surface area contributed by atoms with Crippen molar-refractivity contribution >= 4 is 25.8 Å². The average Bonchev–Trinajstić information content (AvgIpc) is 2.59. The van der Waals surface area contributed by atoms with Gasteiger partial charge in [0, 0.05) is 19.3 Å². The molecule has 0 saturated carbocycles. The zero-order valence-electron chi connectivity index (χ0n) is 17.1. The third-order valence-corrected chi connectivity index (χ3v) is 7.60. The van der Waals surface area contributed by atoms with Crippen LogP contribution in [-0.4, -0.2) is 64.2 Å². The molecule has 1 aliphatic rings. The van der Waals surface area contributed by atoms with Crippen molar-refractivity contribution < 1.29 is 30.8 Å². The predicted octanol–water partition coefficient (Wildman–Crippen LogP) is 2.99. The zero-order chi connectivity index (χ0) is 22.1. The zero-order valence-corrected chi connectivity index (χ0v) is 18.8. The van der Waals surface area contributed by atoms with Crippen LogP contribution in [0.2, 0.25) is 0 Å². The first-order valence-electron chi connectivity index (χ1n) is 9.31. The van der Waals surface area contributed by atoms with E-state index < -0.39 is 42.8 Å². The Hall–Kier alpha value is -1.68. The van der Waals surface area contributed by atoms with Gasteiger partial charge in [-0.1, -0.05) is 0 Å². The van der Waals surface area contributed by atoms with Gasteiger partial charge in [-0.05, 0) is 64.3 Å². The minimum atomic E-state index is -3.75. The highest BCUT2D eigenvalue weighted by atomic mass is 32.2. The van der Waals surface area contributed by atoms with E-state index in [0.29, 0.717) is 0 Å². The molecule has 0 aliphatic carbocycles. The monoisotopic (exact) mass is 449 g/mol. The van der Waals surface area contributed by atoms with Crippen LogP contribution in [0.4, 0.5) is 9.18 Å². The van der Waals surface area contributed by atoms with Crippen molar-refractivity contribution in [3.63, 3.8) is 0 Å². The van der Waals surface area contributed by atoms with Gasteiger partial charge in [0.05, 0.1) is 15.5 Å². The summed E-state index contributed by atoms with van der Waals surface area (Å²) < 4.78 is 68.3. The summed E-state index contributed by atoms with van der Waals surface area (Å²) in [5.74, 6) is -0.395. The van der Waals surface area contributed by atoms with Gasteiger partial charge in [-0.3, -0.25) is 0 Å². The number of nitrogens with zero attached hydrogens (tertiary/aromatic N) is 1. The highest BCUT2D eigenvalue weighted by Crippen LogP contribution is 2.32. The molecule has 1 saturated heterocycles. The van der Waals surface area contributed by atoms with Crippen molar-refractivity contribution in [2.75, 3.05) is 25.1 Å². The number of rotatable bonds is 5. The van der Waals surface area contributed by atoms with Crippen LogP contribution in [0.1, 0.15) is 40.0 Å². The number of amides is 1. The predicted molar refractivity (Wildman–Crippen MR) is 107 cm³/mol. The number of carbonyl (C=O) groups excluding carboxylic acids is 1. The minimum Gasteiger partial charge on any atom is -0.444 e. The summed E-state index contributed by atoms with van der Waals surface area (Å²) in [6.07, 6.45) is 0.417. The molecule has 29 heavy (non-hydrogen) atoms. The molecule has 0 spiro atoms. The number of piperidine rings is 1. The van der Waals surface area contributed by atoms with Gasteiger partial charge in [0.1, 0.15) is 11.3 Å². The lowest BCUT2D eigenvalue weighted by molar-refractivity contribution is 0.00265. The van der Waals surface area contributed by atoms with Crippen LogP contribution < -0.4 is 0 Å². The van der Waals surface area contributed by atoms with Crippen LogP contribution in [0.5, 0.6) is 0 Å². The van der Waals surface area contributed by atoms with Crippen molar-refractivity contribution in [3.8, 4) is 0 Å². The first-order valence-corrected chi connectivity index (χ1v) is 12.9. The van der Waals surface area contributed by atoms with Crippen molar-refractivity contribution in [2.45, 2.75) is 61.1 Å². The summed E-state index contributed by atoms with van der Waals surface area (Å²) in [5.41, 5.74) is -2.32. The maximum absolute atomic E-state index is 15.1. The Bertz CT molecular complexity index is 941. The van der Waals surface area contributed by atoms with E-state index in [1.165, 1.54) is 29.2 Å². The normalized spacial score (nSPS) is 17.8. The van der Waals surface area contributed by atoms with Crippen LogP contribution in [-0.2, 0) is 24.4 Å². The number of carbonyl (C=O) groups is 1. The Morgan fingerprint density at radius 2 is 1.55 bits per heavy atom. The summed E-state index contributed by atoms with van der Waals surface area (Å²) in [5, 5.41) is 0. The Labute approximate surface area is 172 Å². The first kappa shape index (κ1) is 23.6. The van der Waals surface area contributed by atoms with E-state index in [1.54, 1.807) is 20.8 Å². The molecule has 1 amide bonds. The Morgan fingerprint density at radius 1 is 1.07 bits per heavy atom. The number of alkyl halides is 1. The Kier molecular flexibility index (Phi) is 6.69. The summed E-state index contributed by atoms with van der Waals surface area (Å²) in [4.78, 5) is 13.5. The molecule has 10 heteroatoms. The van der Waals surface area contributed by atoms with E-state index >= 15 is 4.39 Å². The van der Waals surface area contributed by atoms with E-state index in [-0.39, 0.29) is 42.1 Å². The van der Waals surface area contributed by atoms with Crippen LogP contribution in [0, 0.1) is 0 Å². The van der Waals surface area contributed by atoms with E-state index in [0.717, 1.165) is 6.26 Å². The molecule has 0 aromatic heterocycles. The fraction of sp³-hybridized carbons (Fsp3) is 0.632. The van der Waals surface area contributed by atoms with Gasteiger partial charge in [-0.15, -0.1) is 0 Å². The second-order valence-electron chi connectivity index (χ2n) is 8.43. The van der Waals surface area contributed by atoms with Gasteiger partial charge in [-0.2, -0.15) is 0 Å². The average molecular weight is 450 g/mol. The SMILES string of the molecule is CC(C)(C)OC(=O)N1CCC(F)(CCS(=O)(=O)c2ccc(S(C)(=O)=O)cc2)CC1. The summed E-state index contributed by atoms with van der Waals surface area (Å²) in [6, 6.07) is 4.91. The molecular weight excluding hydrogens is 421 g/mol. The molecule has 0 N–H and O–H groups in total.